The Bertz CT molecular complexity index is 1670. The summed E-state index contributed by atoms with van der Waals surface area (Å²) in [7, 11) is -4.54. The summed E-state index contributed by atoms with van der Waals surface area (Å²) in [6.07, 6.45) is 0.308. The minimum absolute atomic E-state index is 0.0136. The molecule has 38 heavy (non-hydrogen) atoms. The second-order valence-electron chi connectivity index (χ2n) is 8.20. The van der Waals surface area contributed by atoms with Crippen molar-refractivity contribution >= 4 is 55.5 Å². The zero-order valence-electron chi connectivity index (χ0n) is 20.5. The highest BCUT2D eigenvalue weighted by Crippen LogP contribution is 2.41. The maximum atomic E-state index is 13.2. The molecule has 3 N–H and O–H groups in total. The average Bonchev–Trinajstić information content (AvgIpc) is 2.88. The number of azo groups is 1. The summed E-state index contributed by atoms with van der Waals surface area (Å²) in [5.41, 5.74) is 0.683. The Labute approximate surface area is 224 Å². The monoisotopic (exact) mass is 553 g/mol. The van der Waals surface area contributed by atoms with Gasteiger partial charge in [-0.1, -0.05) is 48.9 Å². The summed E-state index contributed by atoms with van der Waals surface area (Å²) in [4.78, 5) is 12.8. The third-order valence-corrected chi connectivity index (χ3v) is 6.93. The van der Waals surface area contributed by atoms with Crippen molar-refractivity contribution in [1.82, 2.24) is 0 Å². The molecule has 0 saturated carbocycles. The van der Waals surface area contributed by atoms with Crippen molar-refractivity contribution < 1.29 is 27.6 Å². The van der Waals surface area contributed by atoms with E-state index in [0.717, 1.165) is 6.07 Å². The van der Waals surface area contributed by atoms with E-state index in [9.17, 15) is 22.9 Å². The molecule has 11 heteroatoms. The summed E-state index contributed by atoms with van der Waals surface area (Å²) in [6.45, 7) is 4.03. The summed E-state index contributed by atoms with van der Waals surface area (Å²) < 4.78 is 38.8. The smallest absolute Gasteiger partial charge is 0.294 e. The molecule has 0 heterocycles. The number of anilines is 1. The van der Waals surface area contributed by atoms with Gasteiger partial charge in [0.2, 0.25) is 0 Å². The van der Waals surface area contributed by atoms with Crippen LogP contribution >= 0.6 is 11.6 Å². The van der Waals surface area contributed by atoms with Gasteiger partial charge in [0.15, 0.2) is 5.75 Å². The molecule has 0 spiro atoms. The van der Waals surface area contributed by atoms with Crippen LogP contribution in [0.25, 0.3) is 10.8 Å². The molecule has 0 aliphatic carbocycles. The number of nitrogens with one attached hydrogen (secondary N) is 1. The van der Waals surface area contributed by atoms with Crippen LogP contribution in [0.4, 0.5) is 17.1 Å². The minimum Gasteiger partial charge on any atom is -0.505 e. The molecule has 0 aliphatic rings. The number of carbonyl (C=O) groups excluding carboxylic acids is 1. The Kier molecular flexibility index (Phi) is 7.96. The number of phenolic OH excluding ortho intramolecular Hbond substituents is 1. The number of ether oxygens (including phenoxy) is 1. The van der Waals surface area contributed by atoms with Gasteiger partial charge in [0.05, 0.1) is 22.1 Å². The number of phenols is 1. The van der Waals surface area contributed by atoms with Crippen molar-refractivity contribution in [3.8, 4) is 11.5 Å². The maximum absolute atomic E-state index is 13.2. The molecule has 0 atom stereocenters. The number of halogens is 1. The molecule has 0 bridgehead atoms. The summed E-state index contributed by atoms with van der Waals surface area (Å²) in [6, 6.07) is 17.8. The van der Waals surface area contributed by atoms with Crippen molar-refractivity contribution in [3.05, 3.63) is 82.9 Å². The van der Waals surface area contributed by atoms with Crippen LogP contribution in [0, 0.1) is 0 Å². The topological polar surface area (TPSA) is 138 Å². The van der Waals surface area contributed by atoms with Crippen molar-refractivity contribution in [2.24, 2.45) is 10.2 Å². The average molecular weight is 554 g/mol. The molecule has 0 aromatic heterocycles. The zero-order valence-corrected chi connectivity index (χ0v) is 22.0. The van der Waals surface area contributed by atoms with Crippen molar-refractivity contribution in [2.45, 2.75) is 25.2 Å². The first-order valence-corrected chi connectivity index (χ1v) is 13.4. The predicted molar refractivity (Wildman–Crippen MR) is 146 cm³/mol. The number of hydrogen-bond acceptors (Lipinski definition) is 7. The van der Waals surface area contributed by atoms with E-state index in [1.807, 2.05) is 6.92 Å². The van der Waals surface area contributed by atoms with E-state index in [2.05, 4.69) is 15.5 Å². The van der Waals surface area contributed by atoms with Crippen LogP contribution in [0.15, 0.2) is 81.9 Å². The fourth-order valence-electron chi connectivity index (χ4n) is 3.90. The van der Waals surface area contributed by atoms with Crippen LogP contribution in [0.2, 0.25) is 5.02 Å². The number of hydrogen-bond donors (Lipinski definition) is 3. The number of aryl methyl sites for hydroxylation is 1. The van der Waals surface area contributed by atoms with Gasteiger partial charge in [-0.2, -0.15) is 8.42 Å². The van der Waals surface area contributed by atoms with Gasteiger partial charge in [-0.15, -0.1) is 10.2 Å². The molecule has 0 aliphatic heterocycles. The highest BCUT2D eigenvalue weighted by molar-refractivity contribution is 7.85. The fourth-order valence-corrected chi connectivity index (χ4v) is 4.92. The van der Waals surface area contributed by atoms with Crippen LogP contribution in [-0.2, 0) is 16.5 Å². The lowest BCUT2D eigenvalue weighted by Gasteiger charge is -2.12. The van der Waals surface area contributed by atoms with Gasteiger partial charge in [0.1, 0.15) is 17.1 Å². The van der Waals surface area contributed by atoms with Gasteiger partial charge in [0, 0.05) is 17.1 Å². The Morgan fingerprint density at radius 2 is 1.79 bits per heavy atom. The van der Waals surface area contributed by atoms with Crippen molar-refractivity contribution in [3.63, 3.8) is 0 Å². The lowest BCUT2D eigenvalue weighted by Crippen LogP contribution is -2.12. The third kappa shape index (κ3) is 5.77. The predicted octanol–water partition coefficient (Wildman–Crippen LogP) is 7.07. The number of aromatic hydroxyl groups is 1. The summed E-state index contributed by atoms with van der Waals surface area (Å²) in [5, 5.41) is 23.2. The van der Waals surface area contributed by atoms with Crippen LogP contribution in [-0.4, -0.2) is 30.6 Å². The highest BCUT2D eigenvalue weighted by Gasteiger charge is 2.20. The summed E-state index contributed by atoms with van der Waals surface area (Å²) >= 11 is 6.29. The van der Waals surface area contributed by atoms with Gasteiger partial charge in [0.25, 0.3) is 16.0 Å². The normalized spacial score (nSPS) is 11.7. The van der Waals surface area contributed by atoms with E-state index < -0.39 is 21.8 Å². The first kappa shape index (κ1) is 27.1. The van der Waals surface area contributed by atoms with Gasteiger partial charge in [-0.3, -0.25) is 9.35 Å². The molecule has 196 valence electrons. The molecule has 9 nitrogen and oxygen atoms in total. The van der Waals surface area contributed by atoms with E-state index in [1.165, 1.54) is 12.1 Å². The second-order valence-corrected chi connectivity index (χ2v) is 9.99. The molecule has 4 aromatic rings. The molecule has 4 rings (SSSR count). The summed E-state index contributed by atoms with van der Waals surface area (Å²) in [5.74, 6) is -0.433. The van der Waals surface area contributed by atoms with Crippen molar-refractivity contribution in [1.29, 1.82) is 0 Å². The molecule has 1 amide bonds. The zero-order chi connectivity index (χ0) is 27.4. The standard InChI is InChI=1S/C27H24ClN3O6S/c1-3-16-13-22(28)23(15-24(16)38(34,35)36)30-31-25-20-11-6-5-8-17(20)12-21(26(25)32)27(33)29-18-9-7-10-19(14-18)37-4-2/h5-15,32H,3-4H2,1-2H3,(H,29,33)(H,34,35,36). The van der Waals surface area contributed by atoms with Crippen molar-refractivity contribution in [2.75, 3.05) is 11.9 Å². The Morgan fingerprint density at radius 1 is 1.03 bits per heavy atom. The maximum Gasteiger partial charge on any atom is 0.294 e. The van der Waals surface area contributed by atoms with E-state index in [-0.39, 0.29) is 26.9 Å². The molecule has 0 saturated heterocycles. The lowest BCUT2D eigenvalue weighted by atomic mass is 10.0. The van der Waals surface area contributed by atoms with Crippen LogP contribution in [0.5, 0.6) is 11.5 Å². The quantitative estimate of drug-likeness (QED) is 0.157. The number of nitrogens with zero attached hydrogens (tertiary/aromatic N) is 2. The van der Waals surface area contributed by atoms with Crippen LogP contribution in [0.3, 0.4) is 0 Å². The van der Waals surface area contributed by atoms with E-state index >= 15 is 0 Å². The number of carbonyl (C=O) groups is 1. The fraction of sp³-hybridized carbons (Fsp3) is 0.148. The number of benzene rings is 4. The highest BCUT2D eigenvalue weighted by atomic mass is 35.5. The third-order valence-electron chi connectivity index (χ3n) is 5.69. The molecule has 4 aromatic carbocycles. The first-order valence-electron chi connectivity index (χ1n) is 11.6. The lowest BCUT2D eigenvalue weighted by molar-refractivity contribution is 0.102. The number of rotatable bonds is 8. The van der Waals surface area contributed by atoms with E-state index in [4.69, 9.17) is 16.3 Å². The number of fused-ring (bicyclic) bond motifs is 1. The van der Waals surface area contributed by atoms with Gasteiger partial charge < -0.3 is 15.2 Å². The van der Waals surface area contributed by atoms with Crippen LogP contribution in [0.1, 0.15) is 29.8 Å². The van der Waals surface area contributed by atoms with E-state index in [1.54, 1.807) is 55.5 Å². The molecule has 0 fully saturated rings. The van der Waals surface area contributed by atoms with Gasteiger partial charge in [-0.05, 0) is 54.6 Å². The molecule has 0 unspecified atom stereocenters. The SMILES string of the molecule is CCOc1cccc(NC(=O)c2cc3ccccc3c(N=Nc3cc(S(=O)(=O)O)c(CC)cc3Cl)c2O)c1. The van der Waals surface area contributed by atoms with Gasteiger partial charge in [-0.25, -0.2) is 0 Å². The van der Waals surface area contributed by atoms with E-state index in [0.29, 0.717) is 40.8 Å². The first-order chi connectivity index (χ1) is 18.1. The Balaban J connectivity index is 1.78. The second kappa shape index (κ2) is 11.2. The molecular formula is C27H24ClN3O6S. The molecular weight excluding hydrogens is 530 g/mol. The van der Waals surface area contributed by atoms with Gasteiger partial charge >= 0.3 is 0 Å². The Morgan fingerprint density at radius 3 is 2.50 bits per heavy atom. The largest absolute Gasteiger partial charge is 0.505 e. The number of amides is 1. The Hall–Kier alpha value is -3.99. The molecule has 0 radical (unpaired) electrons. The van der Waals surface area contributed by atoms with Crippen LogP contribution < -0.4 is 10.1 Å². The minimum atomic E-state index is -4.54.